The van der Waals surface area contributed by atoms with Crippen LogP contribution in [-0.4, -0.2) is 55.4 Å². The van der Waals surface area contributed by atoms with Crippen molar-refractivity contribution in [3.05, 3.63) is 69.2 Å². The number of pyridine rings is 2. The average Bonchev–Trinajstić information content (AvgIpc) is 3.04. The van der Waals surface area contributed by atoms with Crippen LogP contribution in [0.25, 0.3) is 64.6 Å². The van der Waals surface area contributed by atoms with Crippen molar-refractivity contribution in [3.8, 4) is 11.8 Å². The minimum absolute atomic E-state index is 0.114. The first kappa shape index (κ1) is 35.1. The van der Waals surface area contributed by atoms with Gasteiger partial charge < -0.3 is 10.2 Å². The van der Waals surface area contributed by atoms with Crippen molar-refractivity contribution in [2.24, 2.45) is 0 Å². The lowest BCUT2D eigenvalue weighted by molar-refractivity contribution is -0.357. The summed E-state index contributed by atoms with van der Waals surface area (Å²) in [6, 6.07) is 8.91. The quantitative estimate of drug-likeness (QED) is 0.101. The monoisotopic (exact) mass is 756 g/mol. The van der Waals surface area contributed by atoms with Gasteiger partial charge in [-0.05, 0) is 56.6 Å². The Morgan fingerprint density at radius 1 is 0.404 bits per heavy atom. The highest BCUT2D eigenvalue weighted by Gasteiger charge is 2.74. The van der Waals surface area contributed by atoms with Gasteiger partial charge in [-0.1, -0.05) is 24.3 Å². The summed E-state index contributed by atoms with van der Waals surface area (Å²) in [6.07, 6.45) is -13.4. The first-order valence-corrected chi connectivity index (χ1v) is 14.4. The Hall–Kier alpha value is -5.30. The van der Waals surface area contributed by atoms with Gasteiger partial charge in [-0.25, -0.2) is 0 Å². The van der Waals surface area contributed by atoms with Gasteiger partial charge in [0.25, 0.3) is 11.1 Å². The van der Waals surface area contributed by atoms with Crippen LogP contribution in [0.2, 0.25) is 0 Å². The fraction of sp³-hybridized carbons (Fsp3) is 0.250. The molecule has 2 heterocycles. The molecule has 2 aromatic heterocycles. The summed E-state index contributed by atoms with van der Waals surface area (Å²) in [5.74, 6) is -27.8. The Morgan fingerprint density at radius 2 is 0.635 bits per heavy atom. The number of nitrogens with zero attached hydrogens (tertiary/aromatic N) is 2. The number of aromatic hydroxyl groups is 2. The number of hydrogen-bond donors (Lipinski definition) is 2. The van der Waals surface area contributed by atoms with E-state index in [9.17, 15) is 81.3 Å². The molecule has 7 aromatic rings. The third-order valence-electron chi connectivity index (χ3n) is 9.19. The topological polar surface area (TPSA) is 84.5 Å². The van der Waals surface area contributed by atoms with Gasteiger partial charge in [0, 0.05) is 32.3 Å². The van der Waals surface area contributed by atoms with Crippen molar-refractivity contribution < 1.29 is 71.7 Å². The van der Waals surface area contributed by atoms with E-state index in [2.05, 4.69) is 0 Å². The van der Waals surface area contributed by atoms with E-state index in [4.69, 9.17) is 0 Å². The highest BCUT2D eigenvalue weighted by Crippen LogP contribution is 2.51. The molecule has 2 N–H and O–H groups in total. The molecular weight excluding hydrogens is 742 g/mol. The SMILES string of the molecule is O=c1c2ccc3c4ccc5c(O)n(CC(F)(F)C(F)(F)C(F)(F)F)c(=O)c6ccc(c7ccc(c(O)n1CC(F)(F)C(F)(F)C(F)(F)F)c2c73)c4c56. The molecule has 0 amide bonds. The lowest BCUT2D eigenvalue weighted by Crippen LogP contribution is -2.54. The Kier molecular flexibility index (Phi) is 6.88. The van der Waals surface area contributed by atoms with Crippen molar-refractivity contribution in [3.63, 3.8) is 0 Å². The Morgan fingerprint density at radius 3 is 0.904 bits per heavy atom. The van der Waals surface area contributed by atoms with Gasteiger partial charge in [-0.15, -0.1) is 0 Å². The zero-order valence-electron chi connectivity index (χ0n) is 24.9. The van der Waals surface area contributed by atoms with Crippen molar-refractivity contribution in [2.75, 3.05) is 0 Å². The largest absolute Gasteiger partial charge is 0.494 e. The standard InChI is InChI=1S/C32H14F14N2O4/c33-27(34,29(37,38)31(41,42)43)9-47-23(49)15-5-1-11-12-2-6-17-22-18(26(52)48(25(17)51)10-28(35,36)30(39,40)32(44,45)46)8-4-14(20(12)22)13-3-7-16(24(47)50)21(15)19(11)13/h1-8,49,52H,9-10H2. The van der Waals surface area contributed by atoms with Gasteiger partial charge in [-0.3, -0.25) is 18.7 Å². The van der Waals surface area contributed by atoms with Gasteiger partial charge >= 0.3 is 36.0 Å². The third-order valence-corrected chi connectivity index (χ3v) is 9.19. The number of hydrogen-bond acceptors (Lipinski definition) is 4. The maximum Gasteiger partial charge on any atom is 0.459 e. The fourth-order valence-corrected chi connectivity index (χ4v) is 6.70. The highest BCUT2D eigenvalue weighted by molar-refractivity contribution is 6.39. The van der Waals surface area contributed by atoms with Crippen molar-refractivity contribution in [2.45, 2.75) is 49.1 Å². The molecule has 0 aliphatic rings. The number of benzene rings is 5. The van der Waals surface area contributed by atoms with E-state index in [0.29, 0.717) is 0 Å². The lowest BCUT2D eigenvalue weighted by Gasteiger charge is -2.29. The van der Waals surface area contributed by atoms with Crippen LogP contribution in [0.15, 0.2) is 58.1 Å². The molecule has 0 saturated carbocycles. The van der Waals surface area contributed by atoms with E-state index in [1.54, 1.807) is 0 Å². The summed E-state index contributed by atoms with van der Waals surface area (Å²) < 4.78 is 189. The second kappa shape index (κ2) is 10.2. The number of fused-ring (bicyclic) bond motifs is 2. The zero-order chi connectivity index (χ0) is 38.5. The predicted octanol–water partition coefficient (Wildman–Crippen LogP) is 8.88. The number of alkyl halides is 14. The van der Waals surface area contributed by atoms with Crippen LogP contribution in [0.1, 0.15) is 0 Å². The fourth-order valence-electron chi connectivity index (χ4n) is 6.70. The molecule has 0 atom stereocenters. The van der Waals surface area contributed by atoms with Gasteiger partial charge in [0.2, 0.25) is 11.8 Å². The molecule has 7 rings (SSSR count). The van der Waals surface area contributed by atoms with Gasteiger partial charge in [0.1, 0.15) is 0 Å². The zero-order valence-corrected chi connectivity index (χ0v) is 24.9. The molecule has 274 valence electrons. The van der Waals surface area contributed by atoms with Crippen molar-refractivity contribution in [1.29, 1.82) is 0 Å². The smallest absolute Gasteiger partial charge is 0.459 e. The molecule has 52 heavy (non-hydrogen) atoms. The number of halogens is 14. The first-order valence-electron chi connectivity index (χ1n) is 14.4. The molecule has 0 fully saturated rings. The molecule has 6 nitrogen and oxygen atoms in total. The van der Waals surface area contributed by atoms with E-state index in [-0.39, 0.29) is 52.2 Å². The van der Waals surface area contributed by atoms with E-state index >= 15 is 0 Å². The van der Waals surface area contributed by atoms with Crippen molar-refractivity contribution in [1.82, 2.24) is 9.13 Å². The average molecular weight is 756 g/mol. The van der Waals surface area contributed by atoms with E-state index in [0.717, 1.165) is 24.3 Å². The number of aromatic nitrogens is 2. The normalized spacial score (nSPS) is 14.4. The molecular formula is C32H14F14N2O4. The van der Waals surface area contributed by atoms with Gasteiger partial charge in [0.05, 0.1) is 13.1 Å². The molecule has 0 radical (unpaired) electrons. The van der Waals surface area contributed by atoms with E-state index in [1.165, 1.54) is 24.3 Å². The van der Waals surface area contributed by atoms with Crippen LogP contribution in [0, 0.1) is 0 Å². The highest BCUT2D eigenvalue weighted by atomic mass is 19.4. The molecule has 20 heteroatoms. The summed E-state index contributed by atoms with van der Waals surface area (Å²) in [7, 11) is 0. The van der Waals surface area contributed by atoms with Crippen LogP contribution >= 0.6 is 0 Å². The molecule has 0 saturated heterocycles. The summed E-state index contributed by atoms with van der Waals surface area (Å²) in [4.78, 5) is 26.7. The Labute approximate surface area is 275 Å². The second-order valence-corrected chi connectivity index (χ2v) is 12.1. The van der Waals surface area contributed by atoms with Crippen molar-refractivity contribution >= 4 is 64.6 Å². The van der Waals surface area contributed by atoms with Crippen LogP contribution in [0.5, 0.6) is 11.8 Å². The van der Waals surface area contributed by atoms with Crippen LogP contribution in [0.4, 0.5) is 61.5 Å². The minimum Gasteiger partial charge on any atom is -0.494 e. The molecule has 0 spiro atoms. The Bertz CT molecular complexity index is 2540. The molecule has 0 aliphatic heterocycles. The predicted molar refractivity (Wildman–Crippen MR) is 158 cm³/mol. The van der Waals surface area contributed by atoms with Crippen LogP contribution < -0.4 is 11.1 Å². The number of rotatable bonds is 6. The maximum absolute atomic E-state index is 14.4. The van der Waals surface area contributed by atoms with E-state index < -0.39 is 93.6 Å². The summed E-state index contributed by atoms with van der Waals surface area (Å²) in [5, 5.41) is 20.5. The summed E-state index contributed by atoms with van der Waals surface area (Å²) >= 11 is 0. The summed E-state index contributed by atoms with van der Waals surface area (Å²) in [6.45, 7) is -5.15. The molecule has 0 unspecified atom stereocenters. The lowest BCUT2D eigenvalue weighted by atomic mass is 9.86. The molecule has 0 bridgehead atoms. The van der Waals surface area contributed by atoms with Crippen LogP contribution in [-0.2, 0) is 13.1 Å². The third kappa shape index (κ3) is 4.31. The minimum atomic E-state index is -6.72. The van der Waals surface area contributed by atoms with Crippen LogP contribution in [0.3, 0.4) is 0 Å². The molecule has 0 aliphatic carbocycles. The summed E-state index contributed by atoms with van der Waals surface area (Å²) in [5.41, 5.74) is -3.14. The van der Waals surface area contributed by atoms with Gasteiger partial charge in [0.15, 0.2) is 0 Å². The maximum atomic E-state index is 14.4. The first-order chi connectivity index (χ1) is 23.8. The van der Waals surface area contributed by atoms with Gasteiger partial charge in [-0.2, -0.15) is 61.5 Å². The second-order valence-electron chi connectivity index (χ2n) is 12.1. The Balaban J connectivity index is 1.49. The molecule has 5 aromatic carbocycles. The van der Waals surface area contributed by atoms with E-state index in [1.807, 2.05) is 0 Å².